The quantitative estimate of drug-likeness (QED) is 0.290. The van der Waals surface area contributed by atoms with E-state index in [-0.39, 0.29) is 11.7 Å². The molecule has 0 unspecified atom stereocenters. The Kier molecular flexibility index (Phi) is 6.16. The van der Waals surface area contributed by atoms with Crippen molar-refractivity contribution in [3.63, 3.8) is 0 Å². The Hall–Kier alpha value is -4.47. The second kappa shape index (κ2) is 9.35. The molecule has 33 heavy (non-hydrogen) atoms. The molecule has 0 aliphatic rings. The number of anilines is 3. The number of para-hydroxylation sites is 1. The van der Waals surface area contributed by atoms with Crippen molar-refractivity contribution in [2.24, 2.45) is 5.10 Å². The maximum absolute atomic E-state index is 10.2. The molecule has 4 rings (SSSR count). The van der Waals surface area contributed by atoms with Gasteiger partial charge in [-0.1, -0.05) is 23.8 Å². The topological polar surface area (TPSA) is 122 Å². The molecule has 0 atom stereocenters. The van der Waals surface area contributed by atoms with E-state index in [1.54, 1.807) is 22.9 Å². The highest BCUT2D eigenvalue weighted by Crippen LogP contribution is 2.28. The van der Waals surface area contributed by atoms with E-state index in [9.17, 15) is 5.11 Å². The summed E-state index contributed by atoms with van der Waals surface area (Å²) < 4.78 is 6.76. The van der Waals surface area contributed by atoms with Crippen molar-refractivity contribution in [1.29, 1.82) is 0 Å². The van der Waals surface area contributed by atoms with Gasteiger partial charge in [0, 0.05) is 16.9 Å². The molecular formula is C23H24N8O2. The lowest BCUT2D eigenvalue weighted by Gasteiger charge is -2.10. The van der Waals surface area contributed by atoms with Gasteiger partial charge in [0.05, 0.1) is 19.0 Å². The van der Waals surface area contributed by atoms with Gasteiger partial charge >= 0.3 is 0 Å². The van der Waals surface area contributed by atoms with Crippen molar-refractivity contribution in [3.05, 3.63) is 71.0 Å². The summed E-state index contributed by atoms with van der Waals surface area (Å²) in [6.07, 6.45) is 1.46. The molecule has 10 heteroatoms. The summed E-state index contributed by atoms with van der Waals surface area (Å²) >= 11 is 0. The van der Waals surface area contributed by atoms with Crippen LogP contribution in [0.1, 0.15) is 22.5 Å². The van der Waals surface area contributed by atoms with Crippen LogP contribution in [-0.2, 0) is 0 Å². The molecule has 0 saturated heterocycles. The van der Waals surface area contributed by atoms with Gasteiger partial charge in [-0.25, -0.2) is 10.1 Å². The number of methoxy groups -OCH3 is 1. The zero-order valence-electron chi connectivity index (χ0n) is 18.7. The van der Waals surface area contributed by atoms with Gasteiger partial charge in [0.25, 0.3) is 5.95 Å². The second-order valence-electron chi connectivity index (χ2n) is 7.38. The Labute approximate surface area is 191 Å². The number of phenols is 1. The molecule has 0 spiro atoms. The third-order valence-electron chi connectivity index (χ3n) is 4.75. The molecule has 0 aliphatic carbocycles. The van der Waals surface area contributed by atoms with Crippen LogP contribution in [0.2, 0.25) is 0 Å². The molecule has 0 fully saturated rings. The van der Waals surface area contributed by atoms with Crippen molar-refractivity contribution >= 4 is 23.8 Å². The molecule has 168 valence electrons. The van der Waals surface area contributed by atoms with Crippen molar-refractivity contribution < 1.29 is 9.84 Å². The van der Waals surface area contributed by atoms with Crippen molar-refractivity contribution in [1.82, 2.24) is 24.7 Å². The lowest BCUT2D eigenvalue weighted by atomic mass is 10.2. The highest BCUT2D eigenvalue weighted by atomic mass is 16.5. The molecule has 0 radical (unpaired) electrons. The standard InChI is InChI=1S/C23H24N8O2/c1-14-8-10-18(11-9-14)25-21-26-22(28-23(27-21)31-16(3)12-15(2)30-31)29-24-13-17-6-5-7-19(33-4)20(17)32/h5-13,32H,1-4H3,(H2,25,26,27,28,29). The lowest BCUT2D eigenvalue weighted by Crippen LogP contribution is -2.11. The fourth-order valence-corrected chi connectivity index (χ4v) is 3.13. The molecule has 10 nitrogen and oxygen atoms in total. The van der Waals surface area contributed by atoms with Gasteiger partial charge < -0.3 is 15.2 Å². The fourth-order valence-electron chi connectivity index (χ4n) is 3.13. The van der Waals surface area contributed by atoms with E-state index >= 15 is 0 Å². The van der Waals surface area contributed by atoms with Crippen molar-refractivity contribution in [3.8, 4) is 17.4 Å². The maximum atomic E-state index is 10.2. The smallest absolute Gasteiger partial charge is 0.257 e. The molecule has 3 N–H and O–H groups in total. The summed E-state index contributed by atoms with van der Waals surface area (Å²) in [5, 5.41) is 22.1. The number of hydrogen-bond donors (Lipinski definition) is 3. The largest absolute Gasteiger partial charge is 0.504 e. The number of ether oxygens (including phenoxy) is 1. The van der Waals surface area contributed by atoms with Crippen LogP contribution in [-0.4, -0.2) is 43.2 Å². The van der Waals surface area contributed by atoms with Crippen LogP contribution >= 0.6 is 0 Å². The average molecular weight is 444 g/mol. The number of phenolic OH excluding ortho intramolecular Hbond substituents is 1. The summed E-state index contributed by atoms with van der Waals surface area (Å²) in [6.45, 7) is 5.85. The molecule has 4 aromatic rings. The fraction of sp³-hybridized carbons (Fsp3) is 0.174. The highest BCUT2D eigenvalue weighted by molar-refractivity contribution is 5.85. The minimum atomic E-state index is -0.00810. The van der Waals surface area contributed by atoms with Gasteiger partial charge in [0.15, 0.2) is 11.5 Å². The molecule has 0 amide bonds. The van der Waals surface area contributed by atoms with Crippen LogP contribution in [0, 0.1) is 20.8 Å². The summed E-state index contributed by atoms with van der Waals surface area (Å²) in [5.74, 6) is 1.23. The first kappa shape index (κ1) is 21.8. The summed E-state index contributed by atoms with van der Waals surface area (Å²) in [6, 6.07) is 14.9. The summed E-state index contributed by atoms with van der Waals surface area (Å²) in [4.78, 5) is 13.4. The number of nitrogens with one attached hydrogen (secondary N) is 2. The number of rotatable bonds is 7. The first-order valence-corrected chi connectivity index (χ1v) is 10.2. The predicted molar refractivity (Wildman–Crippen MR) is 127 cm³/mol. The van der Waals surface area contributed by atoms with Crippen LogP contribution in [0.3, 0.4) is 0 Å². The van der Waals surface area contributed by atoms with E-state index in [2.05, 4.69) is 35.9 Å². The van der Waals surface area contributed by atoms with Gasteiger partial charge in [-0.3, -0.25) is 0 Å². The van der Waals surface area contributed by atoms with Gasteiger partial charge in [-0.15, -0.1) is 0 Å². The van der Waals surface area contributed by atoms with E-state index in [1.165, 1.54) is 13.3 Å². The molecular weight excluding hydrogens is 420 g/mol. The number of hydrogen-bond acceptors (Lipinski definition) is 9. The molecule has 2 aromatic carbocycles. The third kappa shape index (κ3) is 5.06. The van der Waals surface area contributed by atoms with Crippen LogP contribution in [0.5, 0.6) is 11.5 Å². The number of aryl methyl sites for hydroxylation is 3. The number of nitrogens with zero attached hydrogens (tertiary/aromatic N) is 6. The number of benzene rings is 2. The maximum Gasteiger partial charge on any atom is 0.257 e. The third-order valence-corrected chi connectivity index (χ3v) is 4.75. The molecule has 0 aliphatic heterocycles. The number of hydrazone groups is 1. The molecule has 2 aromatic heterocycles. The van der Waals surface area contributed by atoms with Gasteiger partial charge in [0.2, 0.25) is 11.9 Å². The Bertz CT molecular complexity index is 1300. The van der Waals surface area contributed by atoms with E-state index in [1.807, 2.05) is 51.1 Å². The Morgan fingerprint density at radius 3 is 2.45 bits per heavy atom. The SMILES string of the molecule is COc1cccc(C=NNc2nc(Nc3ccc(C)cc3)nc(-n3nc(C)cc3C)n2)c1O. The van der Waals surface area contributed by atoms with Gasteiger partial charge in [0.1, 0.15) is 0 Å². The second-order valence-corrected chi connectivity index (χ2v) is 7.38. The van der Waals surface area contributed by atoms with E-state index in [0.717, 1.165) is 22.6 Å². The Morgan fingerprint density at radius 1 is 1.00 bits per heavy atom. The van der Waals surface area contributed by atoms with E-state index in [4.69, 9.17) is 4.74 Å². The van der Waals surface area contributed by atoms with Crippen LogP contribution in [0.4, 0.5) is 17.6 Å². The number of aromatic nitrogens is 5. The van der Waals surface area contributed by atoms with Crippen LogP contribution in [0.15, 0.2) is 53.6 Å². The molecule has 0 saturated carbocycles. The Morgan fingerprint density at radius 2 is 1.76 bits per heavy atom. The minimum Gasteiger partial charge on any atom is -0.504 e. The zero-order chi connectivity index (χ0) is 23.4. The normalized spacial score (nSPS) is 11.0. The van der Waals surface area contributed by atoms with Gasteiger partial charge in [-0.05, 0) is 51.1 Å². The predicted octanol–water partition coefficient (Wildman–Crippen LogP) is 3.89. The van der Waals surface area contributed by atoms with Crippen molar-refractivity contribution in [2.75, 3.05) is 17.9 Å². The first-order chi connectivity index (χ1) is 15.9. The molecule has 0 bridgehead atoms. The minimum absolute atomic E-state index is 0.00810. The zero-order valence-corrected chi connectivity index (χ0v) is 18.7. The van der Waals surface area contributed by atoms with E-state index < -0.39 is 0 Å². The van der Waals surface area contributed by atoms with Crippen LogP contribution < -0.4 is 15.5 Å². The van der Waals surface area contributed by atoms with E-state index in [0.29, 0.717) is 23.2 Å². The van der Waals surface area contributed by atoms with Gasteiger partial charge in [-0.2, -0.15) is 25.2 Å². The van der Waals surface area contributed by atoms with Crippen LogP contribution in [0.25, 0.3) is 5.95 Å². The average Bonchev–Trinajstić information content (AvgIpc) is 3.14. The monoisotopic (exact) mass is 444 g/mol. The summed E-state index contributed by atoms with van der Waals surface area (Å²) in [5.41, 5.74) is 7.00. The molecule has 2 heterocycles. The summed E-state index contributed by atoms with van der Waals surface area (Å²) in [7, 11) is 1.49. The number of aromatic hydroxyl groups is 1. The highest BCUT2D eigenvalue weighted by Gasteiger charge is 2.12. The first-order valence-electron chi connectivity index (χ1n) is 10.2. The Balaban J connectivity index is 1.65. The lowest BCUT2D eigenvalue weighted by molar-refractivity contribution is 0.373. The van der Waals surface area contributed by atoms with Crippen molar-refractivity contribution in [2.45, 2.75) is 20.8 Å².